The molecule has 0 aliphatic heterocycles. The minimum atomic E-state index is -0.297. The summed E-state index contributed by atoms with van der Waals surface area (Å²) >= 11 is 1.74. The van der Waals surface area contributed by atoms with Gasteiger partial charge in [-0.05, 0) is 11.8 Å². The Kier molecular flexibility index (Phi) is 3.97. The first-order valence-electron chi connectivity index (χ1n) is 5.08. The molecule has 0 saturated heterocycles. The lowest BCUT2D eigenvalue weighted by molar-refractivity contribution is 0.0857. The molecular weight excluding hydrogens is 204 g/mol. The molecule has 0 bridgehead atoms. The smallest absolute Gasteiger partial charge is 0.168 e. The number of benzene rings is 1. The number of rotatable bonds is 3. The molecule has 0 unspecified atom stereocenters. The normalized spacial score (nSPS) is 11.5. The molecule has 0 atom stereocenters. The van der Waals surface area contributed by atoms with Gasteiger partial charge >= 0.3 is 0 Å². The van der Waals surface area contributed by atoms with Gasteiger partial charge in [0.25, 0.3) is 0 Å². The highest BCUT2D eigenvalue weighted by Gasteiger charge is 2.24. The second-order valence-electron chi connectivity index (χ2n) is 4.67. The van der Waals surface area contributed by atoms with Gasteiger partial charge in [0, 0.05) is 16.7 Å². The fourth-order valence-electron chi connectivity index (χ4n) is 1.43. The van der Waals surface area contributed by atoms with E-state index in [9.17, 15) is 4.79 Å². The fraction of sp³-hybridized carbons (Fsp3) is 0.462. The standard InChI is InChI=1S/C13H18OS/c1-13(2,3)12(14)11-8-6-5-7-10(11)9-15-4/h5-8H,9H2,1-4H3. The first kappa shape index (κ1) is 12.3. The monoisotopic (exact) mass is 222 g/mol. The van der Waals surface area contributed by atoms with Crippen molar-refractivity contribution >= 4 is 17.5 Å². The minimum absolute atomic E-state index is 0.229. The van der Waals surface area contributed by atoms with Crippen LogP contribution in [0.3, 0.4) is 0 Å². The highest BCUT2D eigenvalue weighted by molar-refractivity contribution is 7.97. The van der Waals surface area contributed by atoms with Crippen LogP contribution in [0.5, 0.6) is 0 Å². The topological polar surface area (TPSA) is 17.1 Å². The third kappa shape index (κ3) is 3.10. The molecule has 0 fully saturated rings. The van der Waals surface area contributed by atoms with E-state index in [0.29, 0.717) is 0 Å². The van der Waals surface area contributed by atoms with Crippen LogP contribution >= 0.6 is 11.8 Å². The molecule has 0 radical (unpaired) electrons. The Labute approximate surface area is 96.3 Å². The molecule has 1 rings (SSSR count). The van der Waals surface area contributed by atoms with E-state index in [-0.39, 0.29) is 11.2 Å². The number of carbonyl (C=O) groups excluding carboxylic acids is 1. The molecule has 0 aliphatic carbocycles. The zero-order valence-electron chi connectivity index (χ0n) is 9.83. The van der Waals surface area contributed by atoms with Crippen molar-refractivity contribution in [2.24, 2.45) is 5.41 Å². The number of hydrogen-bond donors (Lipinski definition) is 0. The van der Waals surface area contributed by atoms with Crippen molar-refractivity contribution in [3.63, 3.8) is 0 Å². The largest absolute Gasteiger partial charge is 0.294 e. The predicted molar refractivity (Wildman–Crippen MR) is 67.4 cm³/mol. The number of thioether (sulfide) groups is 1. The van der Waals surface area contributed by atoms with Gasteiger partial charge in [-0.3, -0.25) is 4.79 Å². The molecule has 1 nitrogen and oxygen atoms in total. The van der Waals surface area contributed by atoms with Crippen molar-refractivity contribution in [1.82, 2.24) is 0 Å². The molecule has 0 heterocycles. The molecule has 0 amide bonds. The second kappa shape index (κ2) is 4.84. The summed E-state index contributed by atoms with van der Waals surface area (Å²) in [6, 6.07) is 7.89. The zero-order chi connectivity index (χ0) is 11.5. The second-order valence-corrected chi connectivity index (χ2v) is 5.54. The lowest BCUT2D eigenvalue weighted by atomic mass is 9.85. The Balaban J connectivity index is 3.08. The fourth-order valence-corrected chi connectivity index (χ4v) is 1.99. The van der Waals surface area contributed by atoms with Gasteiger partial charge in [0.15, 0.2) is 5.78 Å². The SMILES string of the molecule is CSCc1ccccc1C(=O)C(C)(C)C. The van der Waals surface area contributed by atoms with Crippen LogP contribution in [0, 0.1) is 5.41 Å². The molecule has 0 N–H and O–H groups in total. The van der Waals surface area contributed by atoms with Crippen LogP contribution in [0.2, 0.25) is 0 Å². The Morgan fingerprint density at radius 1 is 1.27 bits per heavy atom. The summed E-state index contributed by atoms with van der Waals surface area (Å²) in [5.74, 6) is 1.13. The summed E-state index contributed by atoms with van der Waals surface area (Å²) in [5.41, 5.74) is 1.72. The number of ketones is 1. The summed E-state index contributed by atoms with van der Waals surface area (Å²) in [4.78, 5) is 12.2. The van der Waals surface area contributed by atoms with Crippen molar-refractivity contribution in [3.05, 3.63) is 35.4 Å². The number of Topliss-reactive ketones (excluding diaryl/α,β-unsaturated/α-hetero) is 1. The first-order chi connectivity index (χ1) is 6.96. The van der Waals surface area contributed by atoms with Crippen LogP contribution in [0.4, 0.5) is 0 Å². The van der Waals surface area contributed by atoms with E-state index < -0.39 is 0 Å². The van der Waals surface area contributed by atoms with E-state index >= 15 is 0 Å². The molecule has 1 aromatic rings. The maximum Gasteiger partial charge on any atom is 0.168 e. The highest BCUT2D eigenvalue weighted by Crippen LogP contribution is 2.24. The van der Waals surface area contributed by atoms with Crippen molar-refractivity contribution in [3.8, 4) is 0 Å². The van der Waals surface area contributed by atoms with E-state index in [1.54, 1.807) is 11.8 Å². The van der Waals surface area contributed by atoms with E-state index in [0.717, 1.165) is 16.9 Å². The third-order valence-electron chi connectivity index (χ3n) is 2.24. The lowest BCUT2D eigenvalue weighted by Gasteiger charge is -2.18. The Bertz CT molecular complexity index is 350. The van der Waals surface area contributed by atoms with Crippen LogP contribution in [-0.4, -0.2) is 12.0 Å². The molecule has 15 heavy (non-hydrogen) atoms. The molecule has 0 aliphatic rings. The molecular formula is C13H18OS. The Hall–Kier alpha value is -0.760. The summed E-state index contributed by atoms with van der Waals surface area (Å²) in [6.07, 6.45) is 2.05. The van der Waals surface area contributed by atoms with Crippen molar-refractivity contribution in [2.75, 3.05) is 6.26 Å². The summed E-state index contributed by atoms with van der Waals surface area (Å²) in [7, 11) is 0. The van der Waals surface area contributed by atoms with Crippen LogP contribution < -0.4 is 0 Å². The zero-order valence-corrected chi connectivity index (χ0v) is 10.6. The summed E-state index contributed by atoms with van der Waals surface area (Å²) in [6.45, 7) is 5.89. The van der Waals surface area contributed by atoms with E-state index in [1.165, 1.54) is 0 Å². The van der Waals surface area contributed by atoms with E-state index in [1.807, 2.05) is 45.0 Å². The molecule has 0 spiro atoms. The van der Waals surface area contributed by atoms with Crippen LogP contribution in [0.1, 0.15) is 36.7 Å². The maximum atomic E-state index is 12.2. The first-order valence-corrected chi connectivity index (χ1v) is 6.48. The average Bonchev–Trinajstić information content (AvgIpc) is 2.17. The van der Waals surface area contributed by atoms with E-state index in [2.05, 4.69) is 6.26 Å². The Morgan fingerprint density at radius 3 is 2.40 bits per heavy atom. The minimum Gasteiger partial charge on any atom is -0.294 e. The molecule has 82 valence electrons. The van der Waals surface area contributed by atoms with Gasteiger partial charge in [-0.25, -0.2) is 0 Å². The molecule has 0 saturated carbocycles. The van der Waals surface area contributed by atoms with Crippen molar-refractivity contribution in [1.29, 1.82) is 0 Å². The van der Waals surface area contributed by atoms with Gasteiger partial charge in [-0.2, -0.15) is 11.8 Å². The number of carbonyl (C=O) groups is 1. The predicted octanol–water partition coefficient (Wildman–Crippen LogP) is 3.78. The van der Waals surface area contributed by atoms with Crippen LogP contribution in [0.15, 0.2) is 24.3 Å². The lowest BCUT2D eigenvalue weighted by Crippen LogP contribution is -2.21. The average molecular weight is 222 g/mol. The van der Waals surface area contributed by atoms with Crippen molar-refractivity contribution in [2.45, 2.75) is 26.5 Å². The van der Waals surface area contributed by atoms with Crippen molar-refractivity contribution < 1.29 is 4.79 Å². The molecule has 2 heteroatoms. The van der Waals surface area contributed by atoms with Gasteiger partial charge < -0.3 is 0 Å². The van der Waals surface area contributed by atoms with Crippen LogP contribution in [-0.2, 0) is 5.75 Å². The van der Waals surface area contributed by atoms with Gasteiger partial charge in [-0.15, -0.1) is 0 Å². The third-order valence-corrected chi connectivity index (χ3v) is 2.84. The molecule has 1 aromatic carbocycles. The Morgan fingerprint density at radius 2 is 1.87 bits per heavy atom. The van der Waals surface area contributed by atoms with Crippen LogP contribution in [0.25, 0.3) is 0 Å². The quantitative estimate of drug-likeness (QED) is 0.724. The maximum absolute atomic E-state index is 12.2. The van der Waals surface area contributed by atoms with Gasteiger partial charge in [0.05, 0.1) is 0 Å². The number of hydrogen-bond acceptors (Lipinski definition) is 2. The van der Waals surface area contributed by atoms with E-state index in [4.69, 9.17) is 0 Å². The molecule has 0 aromatic heterocycles. The summed E-state index contributed by atoms with van der Waals surface area (Å²) in [5, 5.41) is 0. The van der Waals surface area contributed by atoms with Gasteiger partial charge in [-0.1, -0.05) is 45.0 Å². The van der Waals surface area contributed by atoms with Gasteiger partial charge in [0.1, 0.15) is 0 Å². The highest BCUT2D eigenvalue weighted by atomic mass is 32.2. The van der Waals surface area contributed by atoms with Gasteiger partial charge in [0.2, 0.25) is 0 Å². The summed E-state index contributed by atoms with van der Waals surface area (Å²) < 4.78 is 0.